The zero-order chi connectivity index (χ0) is 19.6. The molecule has 0 aromatic heterocycles. The first-order valence-electron chi connectivity index (χ1n) is 7.93. The van der Waals surface area contributed by atoms with Gasteiger partial charge in [-0.25, -0.2) is 9.79 Å². The van der Waals surface area contributed by atoms with Gasteiger partial charge in [0.2, 0.25) is 5.90 Å². The van der Waals surface area contributed by atoms with Gasteiger partial charge in [0, 0.05) is 17.2 Å². The summed E-state index contributed by atoms with van der Waals surface area (Å²) in [6.07, 6.45) is 1.55. The lowest BCUT2D eigenvalue weighted by Crippen LogP contribution is -2.08. The van der Waals surface area contributed by atoms with Gasteiger partial charge in [-0.3, -0.25) is 10.1 Å². The van der Waals surface area contributed by atoms with Gasteiger partial charge in [-0.15, -0.1) is 0 Å². The van der Waals surface area contributed by atoms with E-state index in [1.165, 1.54) is 26.4 Å². The van der Waals surface area contributed by atoms with E-state index in [0.717, 1.165) is 0 Å². The smallest absolute Gasteiger partial charge is 0.363 e. The molecule has 3 rings (SSSR count). The van der Waals surface area contributed by atoms with Crippen molar-refractivity contribution in [1.82, 2.24) is 0 Å². The molecule has 27 heavy (non-hydrogen) atoms. The lowest BCUT2D eigenvalue weighted by Gasteiger charge is -2.07. The Balaban J connectivity index is 1.99. The van der Waals surface area contributed by atoms with E-state index in [2.05, 4.69) is 4.99 Å². The highest BCUT2D eigenvalue weighted by Crippen LogP contribution is 2.30. The molecule has 0 fully saturated rings. The van der Waals surface area contributed by atoms with E-state index in [-0.39, 0.29) is 17.3 Å². The van der Waals surface area contributed by atoms with Crippen molar-refractivity contribution in [2.45, 2.75) is 6.92 Å². The van der Waals surface area contributed by atoms with E-state index in [1.54, 1.807) is 37.3 Å². The Labute approximate surface area is 154 Å². The van der Waals surface area contributed by atoms with Crippen LogP contribution >= 0.6 is 0 Å². The topological polar surface area (TPSA) is 100 Å². The SMILES string of the molecule is COc1ccc(/C=C2\N=C(c3cccc([N+](=O)[O-])c3C)OC2=O)cc1OC. The largest absolute Gasteiger partial charge is 0.493 e. The van der Waals surface area contributed by atoms with Crippen molar-refractivity contribution in [3.8, 4) is 11.5 Å². The third kappa shape index (κ3) is 3.50. The van der Waals surface area contributed by atoms with Crippen LogP contribution in [-0.2, 0) is 9.53 Å². The number of carbonyl (C=O) groups excluding carboxylic acids is 1. The molecule has 8 nitrogen and oxygen atoms in total. The summed E-state index contributed by atoms with van der Waals surface area (Å²) in [6, 6.07) is 9.68. The number of nitrogens with zero attached hydrogens (tertiary/aromatic N) is 2. The number of rotatable bonds is 5. The van der Waals surface area contributed by atoms with Gasteiger partial charge >= 0.3 is 5.97 Å². The lowest BCUT2D eigenvalue weighted by molar-refractivity contribution is -0.385. The molecule has 0 aliphatic carbocycles. The molecule has 138 valence electrons. The number of esters is 1. The van der Waals surface area contributed by atoms with Crippen LogP contribution in [0.25, 0.3) is 6.08 Å². The van der Waals surface area contributed by atoms with Crippen LogP contribution in [0, 0.1) is 17.0 Å². The molecule has 0 atom stereocenters. The minimum Gasteiger partial charge on any atom is -0.493 e. The number of hydrogen-bond acceptors (Lipinski definition) is 7. The van der Waals surface area contributed by atoms with Crippen molar-refractivity contribution >= 4 is 23.6 Å². The first-order valence-corrected chi connectivity index (χ1v) is 7.93. The number of benzene rings is 2. The number of nitro groups is 1. The quantitative estimate of drug-likeness (QED) is 0.347. The molecule has 0 amide bonds. The number of nitro benzene ring substituents is 1. The summed E-state index contributed by atoms with van der Waals surface area (Å²) in [5.41, 5.74) is 1.46. The number of ether oxygens (including phenoxy) is 3. The van der Waals surface area contributed by atoms with Crippen molar-refractivity contribution in [2.75, 3.05) is 14.2 Å². The molecule has 0 N–H and O–H groups in total. The number of carbonyl (C=O) groups is 1. The number of methoxy groups -OCH3 is 2. The third-order valence-corrected chi connectivity index (χ3v) is 4.06. The predicted molar refractivity (Wildman–Crippen MR) is 98.0 cm³/mol. The fourth-order valence-electron chi connectivity index (χ4n) is 2.68. The number of hydrogen-bond donors (Lipinski definition) is 0. The van der Waals surface area contributed by atoms with Crippen LogP contribution in [0.1, 0.15) is 16.7 Å². The zero-order valence-corrected chi connectivity index (χ0v) is 14.9. The van der Waals surface area contributed by atoms with E-state index in [9.17, 15) is 14.9 Å². The summed E-state index contributed by atoms with van der Waals surface area (Å²) in [4.78, 5) is 27.0. The number of cyclic esters (lactones) is 1. The van der Waals surface area contributed by atoms with Gasteiger partial charge in [0.1, 0.15) is 0 Å². The van der Waals surface area contributed by atoms with E-state index in [4.69, 9.17) is 14.2 Å². The van der Waals surface area contributed by atoms with Gasteiger partial charge in [-0.1, -0.05) is 12.1 Å². The van der Waals surface area contributed by atoms with Crippen molar-refractivity contribution in [3.05, 3.63) is 68.9 Å². The summed E-state index contributed by atoms with van der Waals surface area (Å²) in [7, 11) is 3.04. The molecular weight excluding hydrogens is 352 g/mol. The predicted octanol–water partition coefficient (Wildman–Crippen LogP) is 3.26. The normalized spacial score (nSPS) is 14.7. The van der Waals surface area contributed by atoms with Gasteiger partial charge < -0.3 is 14.2 Å². The van der Waals surface area contributed by atoms with E-state index < -0.39 is 10.9 Å². The Hall–Kier alpha value is -3.68. The molecule has 2 aromatic rings. The Morgan fingerprint density at radius 2 is 1.89 bits per heavy atom. The fraction of sp³-hybridized carbons (Fsp3) is 0.158. The van der Waals surface area contributed by atoms with Crippen LogP contribution in [0.15, 0.2) is 47.1 Å². The molecule has 0 saturated heterocycles. The monoisotopic (exact) mass is 368 g/mol. The summed E-state index contributed by atoms with van der Waals surface area (Å²) < 4.78 is 15.6. The maximum atomic E-state index is 12.2. The molecule has 1 aliphatic rings. The van der Waals surface area contributed by atoms with Crippen LogP contribution in [0.3, 0.4) is 0 Å². The molecular formula is C19H16N2O6. The average molecular weight is 368 g/mol. The minimum absolute atomic E-state index is 0.0351. The van der Waals surface area contributed by atoms with Crippen LogP contribution in [0.4, 0.5) is 5.69 Å². The van der Waals surface area contributed by atoms with E-state index in [0.29, 0.717) is 28.2 Å². The van der Waals surface area contributed by atoms with E-state index in [1.807, 2.05) is 0 Å². The van der Waals surface area contributed by atoms with Crippen LogP contribution in [-0.4, -0.2) is 31.0 Å². The molecule has 1 aliphatic heterocycles. The van der Waals surface area contributed by atoms with Crippen molar-refractivity contribution in [2.24, 2.45) is 4.99 Å². The highest BCUT2D eigenvalue weighted by atomic mass is 16.6. The fourth-order valence-corrected chi connectivity index (χ4v) is 2.68. The summed E-state index contributed by atoms with van der Waals surface area (Å²) in [5.74, 6) is 0.473. The van der Waals surface area contributed by atoms with Gasteiger partial charge in [0.25, 0.3) is 5.69 Å². The van der Waals surface area contributed by atoms with Crippen LogP contribution < -0.4 is 9.47 Å². The minimum atomic E-state index is -0.634. The first-order chi connectivity index (χ1) is 12.9. The highest BCUT2D eigenvalue weighted by molar-refractivity contribution is 6.13. The molecule has 0 saturated carbocycles. The molecule has 0 radical (unpaired) electrons. The Bertz CT molecular complexity index is 994. The van der Waals surface area contributed by atoms with Crippen molar-refractivity contribution < 1.29 is 23.9 Å². The van der Waals surface area contributed by atoms with Crippen molar-refractivity contribution in [3.63, 3.8) is 0 Å². The zero-order valence-electron chi connectivity index (χ0n) is 14.9. The van der Waals surface area contributed by atoms with Gasteiger partial charge in [-0.2, -0.15) is 0 Å². The van der Waals surface area contributed by atoms with Gasteiger partial charge in [-0.05, 0) is 36.8 Å². The Morgan fingerprint density at radius 1 is 1.15 bits per heavy atom. The van der Waals surface area contributed by atoms with Crippen molar-refractivity contribution in [1.29, 1.82) is 0 Å². The average Bonchev–Trinajstić information content (AvgIpc) is 3.01. The van der Waals surface area contributed by atoms with E-state index >= 15 is 0 Å². The molecule has 0 unspecified atom stereocenters. The summed E-state index contributed by atoms with van der Waals surface area (Å²) in [6.45, 7) is 1.58. The maximum Gasteiger partial charge on any atom is 0.363 e. The number of aliphatic imine (C=N–C) groups is 1. The highest BCUT2D eigenvalue weighted by Gasteiger charge is 2.27. The molecule has 1 heterocycles. The standard InChI is InChI=1S/C19H16N2O6/c1-11-13(5-4-6-15(11)21(23)24)18-20-14(19(22)27-18)9-12-7-8-16(25-2)17(10-12)26-3/h4-10H,1-3H3/b14-9-. The second kappa shape index (κ2) is 7.28. The molecule has 0 spiro atoms. The second-order valence-corrected chi connectivity index (χ2v) is 5.66. The molecule has 2 aromatic carbocycles. The summed E-state index contributed by atoms with van der Waals surface area (Å²) in [5, 5.41) is 11.1. The molecule has 8 heteroatoms. The lowest BCUT2D eigenvalue weighted by atomic mass is 10.1. The van der Waals surface area contributed by atoms with Crippen LogP contribution in [0.2, 0.25) is 0 Å². The molecule has 0 bridgehead atoms. The van der Waals surface area contributed by atoms with Gasteiger partial charge in [0.05, 0.1) is 19.1 Å². The third-order valence-electron chi connectivity index (χ3n) is 4.06. The second-order valence-electron chi connectivity index (χ2n) is 5.66. The first kappa shape index (κ1) is 18.1. The van der Waals surface area contributed by atoms with Crippen LogP contribution in [0.5, 0.6) is 11.5 Å². The maximum absolute atomic E-state index is 12.2. The Kier molecular flexibility index (Phi) is 4.89. The Morgan fingerprint density at radius 3 is 2.56 bits per heavy atom. The van der Waals surface area contributed by atoms with Gasteiger partial charge in [0.15, 0.2) is 17.2 Å². The summed E-state index contributed by atoms with van der Waals surface area (Å²) >= 11 is 0.